The molecule has 0 radical (unpaired) electrons. The van der Waals surface area contributed by atoms with Gasteiger partial charge < -0.3 is 9.72 Å². The number of benzene rings is 3. The van der Waals surface area contributed by atoms with Crippen molar-refractivity contribution in [3.63, 3.8) is 0 Å². The molecule has 5 rings (SSSR count). The molecule has 0 saturated heterocycles. The van der Waals surface area contributed by atoms with Crippen LogP contribution in [-0.2, 0) is 19.9 Å². The van der Waals surface area contributed by atoms with Crippen LogP contribution in [0.2, 0.25) is 0 Å². The first-order valence-corrected chi connectivity index (χ1v) is 13.4. The van der Waals surface area contributed by atoms with Crippen molar-refractivity contribution in [3.05, 3.63) is 78.9 Å². The normalized spacial score (nSPS) is 14.4. The number of rotatable bonds is 5. The summed E-state index contributed by atoms with van der Waals surface area (Å²) >= 11 is 0. The molecule has 0 unspecified atom stereocenters. The van der Waals surface area contributed by atoms with Crippen LogP contribution < -0.4 is 4.74 Å². The van der Waals surface area contributed by atoms with E-state index in [-0.39, 0.29) is 27.8 Å². The second kappa shape index (κ2) is 8.30. The maximum Gasteiger partial charge on any atom is 0.279 e. The van der Waals surface area contributed by atoms with Gasteiger partial charge in [0.05, 0.1) is 24.2 Å². The highest BCUT2D eigenvalue weighted by atomic mass is 32.2. The lowest BCUT2D eigenvalue weighted by molar-refractivity contribution is 0.415. The predicted octanol–water partition coefficient (Wildman–Crippen LogP) is 4.03. The van der Waals surface area contributed by atoms with E-state index < -0.39 is 19.9 Å². The molecule has 8 nitrogen and oxygen atoms in total. The van der Waals surface area contributed by atoms with Crippen LogP contribution in [0, 0.1) is 0 Å². The molecule has 10 heteroatoms. The van der Waals surface area contributed by atoms with Crippen molar-refractivity contribution >= 4 is 35.8 Å². The molecule has 1 N–H and O–H groups in total. The quantitative estimate of drug-likeness (QED) is 0.450. The fourth-order valence-electron chi connectivity index (χ4n) is 3.97. The summed E-state index contributed by atoms with van der Waals surface area (Å²) in [5.41, 5.74) is 1.71. The lowest BCUT2D eigenvalue weighted by Gasteiger charge is -2.13. The van der Waals surface area contributed by atoms with Crippen LogP contribution in [0.4, 0.5) is 0 Å². The number of sulfone groups is 1. The Morgan fingerprint density at radius 2 is 1.59 bits per heavy atom. The zero-order valence-corrected chi connectivity index (χ0v) is 19.8. The van der Waals surface area contributed by atoms with Crippen LogP contribution in [0.3, 0.4) is 0 Å². The second-order valence-electron chi connectivity index (χ2n) is 7.72. The Labute approximate surface area is 197 Å². The van der Waals surface area contributed by atoms with E-state index in [0.29, 0.717) is 27.9 Å². The lowest BCUT2D eigenvalue weighted by atomic mass is 10.1. The third kappa shape index (κ3) is 3.64. The van der Waals surface area contributed by atoms with E-state index in [1.807, 2.05) is 30.3 Å². The molecular weight excluding hydrogens is 474 g/mol. The van der Waals surface area contributed by atoms with E-state index in [1.54, 1.807) is 36.4 Å². The maximum absolute atomic E-state index is 13.9. The van der Waals surface area contributed by atoms with Gasteiger partial charge in [-0.2, -0.15) is 17.9 Å². The van der Waals surface area contributed by atoms with Crippen LogP contribution >= 0.6 is 0 Å². The Hall–Kier alpha value is -3.63. The van der Waals surface area contributed by atoms with Crippen LogP contribution in [0.5, 0.6) is 5.75 Å². The summed E-state index contributed by atoms with van der Waals surface area (Å²) in [5.74, 6) is 0.504. The van der Waals surface area contributed by atoms with Crippen LogP contribution in [0.1, 0.15) is 6.42 Å². The van der Waals surface area contributed by atoms with E-state index in [2.05, 4.69) is 10.1 Å². The van der Waals surface area contributed by atoms with Gasteiger partial charge in [0.25, 0.3) is 10.0 Å². The van der Waals surface area contributed by atoms with Crippen molar-refractivity contribution in [2.24, 2.45) is 5.10 Å². The second-order valence-corrected chi connectivity index (χ2v) is 11.4. The first kappa shape index (κ1) is 22.2. The smallest absolute Gasteiger partial charge is 0.279 e. The minimum atomic E-state index is -4.14. The molecule has 2 heterocycles. The zero-order valence-electron chi connectivity index (χ0n) is 18.2. The van der Waals surface area contributed by atoms with Crippen molar-refractivity contribution in [2.45, 2.75) is 16.2 Å². The van der Waals surface area contributed by atoms with Crippen LogP contribution in [0.15, 0.2) is 93.8 Å². The van der Waals surface area contributed by atoms with Crippen LogP contribution in [0.25, 0.3) is 22.2 Å². The Bertz CT molecular complexity index is 1610. The van der Waals surface area contributed by atoms with Gasteiger partial charge >= 0.3 is 0 Å². The molecule has 0 bridgehead atoms. The number of aromatic amines is 1. The van der Waals surface area contributed by atoms with E-state index in [0.717, 1.165) is 4.41 Å². The highest BCUT2D eigenvalue weighted by molar-refractivity contribution is 8.06. The van der Waals surface area contributed by atoms with Gasteiger partial charge in [-0.3, -0.25) is 0 Å². The van der Waals surface area contributed by atoms with Crippen molar-refractivity contribution < 1.29 is 21.6 Å². The largest absolute Gasteiger partial charge is 0.497 e. The number of aromatic nitrogens is 1. The average Bonchev–Trinajstić information content (AvgIpc) is 3.51. The highest BCUT2D eigenvalue weighted by Crippen LogP contribution is 2.38. The molecule has 1 aliphatic heterocycles. The van der Waals surface area contributed by atoms with E-state index in [1.165, 1.54) is 19.2 Å². The van der Waals surface area contributed by atoms with Crippen molar-refractivity contribution in [1.29, 1.82) is 0 Å². The van der Waals surface area contributed by atoms with Gasteiger partial charge in [0.1, 0.15) is 10.6 Å². The minimum absolute atomic E-state index is 0.0285. The lowest BCUT2D eigenvalue weighted by Crippen LogP contribution is -2.23. The van der Waals surface area contributed by atoms with Crippen molar-refractivity contribution in [2.75, 3.05) is 13.7 Å². The van der Waals surface area contributed by atoms with Gasteiger partial charge in [0, 0.05) is 17.3 Å². The summed E-state index contributed by atoms with van der Waals surface area (Å²) in [6.45, 7) is -0.0574. The fraction of sp³-hybridized carbons (Fsp3) is 0.125. The first-order valence-electron chi connectivity index (χ1n) is 10.5. The SMILES string of the molecule is COc1ccc2[nH]c(-c3ccccc3)c(S(=O)(=O)C3=NN(S(=O)(=O)c4ccccc4)CC3)c2c1. The van der Waals surface area contributed by atoms with Gasteiger partial charge in [-0.1, -0.05) is 48.5 Å². The molecule has 34 heavy (non-hydrogen) atoms. The summed E-state index contributed by atoms with van der Waals surface area (Å²) < 4.78 is 59.9. The molecule has 0 saturated carbocycles. The molecule has 0 amide bonds. The Morgan fingerprint density at radius 3 is 2.26 bits per heavy atom. The zero-order chi connectivity index (χ0) is 23.9. The standard InChI is InChI=1S/C24H21N3O5S2/c1-32-18-12-13-21-20(16-18)24(23(25-21)17-8-4-2-5-9-17)33(28,29)22-14-15-27(26-22)34(30,31)19-10-6-3-7-11-19/h2-13,16,25H,14-15H2,1H3. The Kier molecular flexibility index (Phi) is 5.41. The molecular formula is C24H21N3O5S2. The number of methoxy groups -OCH3 is 1. The predicted molar refractivity (Wildman–Crippen MR) is 130 cm³/mol. The van der Waals surface area contributed by atoms with Crippen molar-refractivity contribution in [1.82, 2.24) is 9.40 Å². The average molecular weight is 496 g/mol. The molecule has 174 valence electrons. The van der Waals surface area contributed by atoms with Gasteiger partial charge in [0.15, 0.2) is 5.04 Å². The minimum Gasteiger partial charge on any atom is -0.497 e. The number of ether oxygens (including phenoxy) is 1. The number of hydrogen-bond acceptors (Lipinski definition) is 6. The van der Waals surface area contributed by atoms with E-state index in [9.17, 15) is 16.8 Å². The Balaban J connectivity index is 1.67. The molecule has 0 fully saturated rings. The molecule has 4 aromatic rings. The monoisotopic (exact) mass is 495 g/mol. The fourth-order valence-corrected chi connectivity index (χ4v) is 7.00. The van der Waals surface area contributed by atoms with Gasteiger partial charge in [-0.25, -0.2) is 8.42 Å². The summed E-state index contributed by atoms with van der Waals surface area (Å²) in [7, 11) is -6.60. The summed E-state index contributed by atoms with van der Waals surface area (Å²) in [5, 5.41) is 4.33. The van der Waals surface area contributed by atoms with E-state index >= 15 is 0 Å². The molecule has 0 aliphatic carbocycles. The number of hydrogen-bond donors (Lipinski definition) is 1. The third-order valence-electron chi connectivity index (χ3n) is 5.66. The summed E-state index contributed by atoms with van der Waals surface area (Å²) in [4.78, 5) is 3.31. The molecule has 1 aromatic heterocycles. The Morgan fingerprint density at radius 1 is 0.912 bits per heavy atom. The number of fused-ring (bicyclic) bond motifs is 1. The van der Waals surface area contributed by atoms with Gasteiger partial charge in [0.2, 0.25) is 9.84 Å². The van der Waals surface area contributed by atoms with Gasteiger partial charge in [-0.05, 0) is 35.9 Å². The number of nitrogens with one attached hydrogen (secondary N) is 1. The topological polar surface area (TPSA) is 109 Å². The number of nitrogens with zero attached hydrogens (tertiary/aromatic N) is 2. The highest BCUT2D eigenvalue weighted by Gasteiger charge is 2.37. The molecule has 0 spiro atoms. The maximum atomic E-state index is 13.9. The molecule has 0 atom stereocenters. The van der Waals surface area contributed by atoms with E-state index in [4.69, 9.17) is 4.74 Å². The van der Waals surface area contributed by atoms with Gasteiger partial charge in [-0.15, -0.1) is 0 Å². The van der Waals surface area contributed by atoms with Crippen molar-refractivity contribution in [3.8, 4) is 17.0 Å². The summed E-state index contributed by atoms with van der Waals surface area (Å²) in [6.07, 6.45) is -0.0285. The summed E-state index contributed by atoms with van der Waals surface area (Å²) in [6, 6.07) is 22.1. The third-order valence-corrected chi connectivity index (χ3v) is 9.21. The molecule has 3 aromatic carbocycles. The number of H-pyrrole nitrogens is 1. The van der Waals surface area contributed by atoms with Crippen LogP contribution in [-0.4, -0.2) is 44.9 Å². The first-order chi connectivity index (χ1) is 16.3. The number of hydrazone groups is 1. The molecule has 1 aliphatic rings. The number of sulfonamides is 1.